The standard InChI is InChI=1S/C11H12O6/c1-6(12)5-17-8-4-2-3-7(10(13)14)9(8)11(15)16/h2-4,6,12H,5H2,1H3,(H,13,14)(H,15,16). The maximum absolute atomic E-state index is 11.0. The lowest BCUT2D eigenvalue weighted by atomic mass is 10.1. The van der Waals surface area contributed by atoms with E-state index in [4.69, 9.17) is 20.1 Å². The number of hydrogen-bond donors (Lipinski definition) is 3. The van der Waals surface area contributed by atoms with Crippen molar-refractivity contribution in [2.75, 3.05) is 6.61 Å². The highest BCUT2D eigenvalue weighted by atomic mass is 16.5. The molecule has 0 aliphatic heterocycles. The molecule has 0 fully saturated rings. The number of aliphatic hydroxyl groups excluding tert-OH is 1. The van der Waals surface area contributed by atoms with Gasteiger partial charge < -0.3 is 20.1 Å². The Kier molecular flexibility index (Phi) is 4.06. The van der Waals surface area contributed by atoms with Crippen LogP contribution in [0, 0.1) is 0 Å². The number of ether oxygens (including phenoxy) is 1. The Balaban J connectivity index is 3.16. The minimum Gasteiger partial charge on any atom is -0.490 e. The zero-order valence-electron chi connectivity index (χ0n) is 9.08. The summed E-state index contributed by atoms with van der Waals surface area (Å²) in [5.74, 6) is -2.80. The van der Waals surface area contributed by atoms with Crippen LogP contribution in [0.3, 0.4) is 0 Å². The van der Waals surface area contributed by atoms with Gasteiger partial charge in [0.25, 0.3) is 0 Å². The van der Waals surface area contributed by atoms with E-state index in [0.717, 1.165) is 0 Å². The van der Waals surface area contributed by atoms with Crippen molar-refractivity contribution in [2.24, 2.45) is 0 Å². The summed E-state index contributed by atoms with van der Waals surface area (Å²) in [6, 6.07) is 3.91. The largest absolute Gasteiger partial charge is 0.490 e. The van der Waals surface area contributed by atoms with Crippen LogP contribution in [0.1, 0.15) is 27.6 Å². The molecule has 6 nitrogen and oxygen atoms in total. The SMILES string of the molecule is CC(O)COc1cccc(C(=O)O)c1C(=O)O. The zero-order valence-corrected chi connectivity index (χ0v) is 9.08. The third kappa shape index (κ3) is 3.18. The van der Waals surface area contributed by atoms with E-state index in [9.17, 15) is 9.59 Å². The average molecular weight is 240 g/mol. The second-order valence-corrected chi connectivity index (χ2v) is 3.45. The van der Waals surface area contributed by atoms with Crippen LogP contribution in [-0.4, -0.2) is 40.0 Å². The van der Waals surface area contributed by atoms with Crippen molar-refractivity contribution in [3.05, 3.63) is 29.3 Å². The van der Waals surface area contributed by atoms with E-state index in [2.05, 4.69) is 0 Å². The molecule has 0 heterocycles. The minimum atomic E-state index is -1.39. The van der Waals surface area contributed by atoms with Crippen LogP contribution in [-0.2, 0) is 0 Å². The summed E-state index contributed by atoms with van der Waals surface area (Å²) in [7, 11) is 0. The summed E-state index contributed by atoms with van der Waals surface area (Å²) in [6.07, 6.45) is -0.773. The van der Waals surface area contributed by atoms with Gasteiger partial charge in [0.15, 0.2) is 0 Å². The van der Waals surface area contributed by atoms with E-state index >= 15 is 0 Å². The molecule has 1 atom stereocenters. The van der Waals surface area contributed by atoms with Gasteiger partial charge in [0, 0.05) is 0 Å². The fraction of sp³-hybridized carbons (Fsp3) is 0.273. The van der Waals surface area contributed by atoms with Crippen LogP contribution >= 0.6 is 0 Å². The molecule has 92 valence electrons. The second kappa shape index (κ2) is 5.31. The summed E-state index contributed by atoms with van der Waals surface area (Å²) in [6.45, 7) is 1.37. The van der Waals surface area contributed by atoms with E-state index in [-0.39, 0.29) is 17.9 Å². The Labute approximate surface area is 97.1 Å². The van der Waals surface area contributed by atoms with Crippen LogP contribution in [0.2, 0.25) is 0 Å². The number of carbonyl (C=O) groups is 2. The lowest BCUT2D eigenvalue weighted by Crippen LogP contribution is -2.16. The topological polar surface area (TPSA) is 104 Å². The predicted octanol–water partition coefficient (Wildman–Crippen LogP) is 0.843. The molecule has 0 saturated heterocycles. The predicted molar refractivity (Wildman–Crippen MR) is 57.5 cm³/mol. The molecule has 0 aromatic heterocycles. The summed E-state index contributed by atoms with van der Waals surface area (Å²) < 4.78 is 5.06. The molecule has 0 amide bonds. The Morgan fingerprint density at radius 3 is 2.41 bits per heavy atom. The Bertz CT molecular complexity index is 438. The van der Waals surface area contributed by atoms with Gasteiger partial charge >= 0.3 is 11.9 Å². The molecule has 3 N–H and O–H groups in total. The first-order valence-electron chi connectivity index (χ1n) is 4.84. The van der Waals surface area contributed by atoms with Gasteiger partial charge in [-0.05, 0) is 19.1 Å². The first-order chi connectivity index (χ1) is 7.93. The van der Waals surface area contributed by atoms with Crippen LogP contribution in [0.5, 0.6) is 5.75 Å². The third-order valence-corrected chi connectivity index (χ3v) is 1.95. The van der Waals surface area contributed by atoms with Crippen molar-refractivity contribution < 1.29 is 29.6 Å². The summed E-state index contributed by atoms with van der Waals surface area (Å²) in [5, 5.41) is 26.8. The number of aromatic carboxylic acids is 2. The monoisotopic (exact) mass is 240 g/mol. The maximum Gasteiger partial charge on any atom is 0.340 e. The maximum atomic E-state index is 11.0. The third-order valence-electron chi connectivity index (χ3n) is 1.95. The highest BCUT2D eigenvalue weighted by Gasteiger charge is 2.21. The quantitative estimate of drug-likeness (QED) is 0.704. The highest BCUT2D eigenvalue weighted by molar-refractivity contribution is 6.03. The number of carboxylic acid groups (broad SMARTS) is 2. The van der Waals surface area contributed by atoms with Gasteiger partial charge in [-0.3, -0.25) is 0 Å². The van der Waals surface area contributed by atoms with Crippen molar-refractivity contribution in [3.63, 3.8) is 0 Å². The molecule has 17 heavy (non-hydrogen) atoms. The molecule has 0 saturated carbocycles. The Hall–Kier alpha value is -2.08. The molecule has 0 aliphatic carbocycles. The van der Waals surface area contributed by atoms with Crippen LogP contribution in [0.25, 0.3) is 0 Å². The van der Waals surface area contributed by atoms with Gasteiger partial charge in [-0.2, -0.15) is 0 Å². The van der Waals surface area contributed by atoms with Crippen molar-refractivity contribution >= 4 is 11.9 Å². The van der Waals surface area contributed by atoms with E-state index in [1.54, 1.807) is 0 Å². The van der Waals surface area contributed by atoms with Gasteiger partial charge in [-0.15, -0.1) is 0 Å². The average Bonchev–Trinajstić information content (AvgIpc) is 2.25. The molecular formula is C11H12O6. The number of hydrogen-bond acceptors (Lipinski definition) is 4. The zero-order chi connectivity index (χ0) is 13.0. The van der Waals surface area contributed by atoms with E-state index < -0.39 is 23.6 Å². The van der Waals surface area contributed by atoms with Crippen molar-refractivity contribution in [1.82, 2.24) is 0 Å². The lowest BCUT2D eigenvalue weighted by Gasteiger charge is -2.12. The summed E-state index contributed by atoms with van der Waals surface area (Å²) >= 11 is 0. The molecule has 0 aliphatic rings. The van der Waals surface area contributed by atoms with Crippen molar-refractivity contribution in [3.8, 4) is 5.75 Å². The number of carboxylic acids is 2. The first kappa shape index (κ1) is 13.0. The summed E-state index contributed by atoms with van der Waals surface area (Å²) in [4.78, 5) is 21.8. The molecule has 1 aromatic carbocycles. The Morgan fingerprint density at radius 1 is 1.29 bits per heavy atom. The molecule has 1 aromatic rings. The molecule has 0 radical (unpaired) electrons. The van der Waals surface area contributed by atoms with Gasteiger partial charge in [0.1, 0.15) is 17.9 Å². The fourth-order valence-corrected chi connectivity index (χ4v) is 1.26. The van der Waals surface area contributed by atoms with Crippen molar-refractivity contribution in [1.29, 1.82) is 0 Å². The van der Waals surface area contributed by atoms with Crippen molar-refractivity contribution in [2.45, 2.75) is 13.0 Å². The van der Waals surface area contributed by atoms with Gasteiger partial charge in [-0.1, -0.05) is 6.07 Å². The summed E-state index contributed by atoms with van der Waals surface area (Å²) in [5.41, 5.74) is -0.763. The van der Waals surface area contributed by atoms with Gasteiger partial charge in [0.2, 0.25) is 0 Å². The molecule has 0 bridgehead atoms. The second-order valence-electron chi connectivity index (χ2n) is 3.45. The van der Waals surface area contributed by atoms with Crippen LogP contribution in [0.15, 0.2) is 18.2 Å². The molecular weight excluding hydrogens is 228 g/mol. The number of rotatable bonds is 5. The molecule has 0 spiro atoms. The lowest BCUT2D eigenvalue weighted by molar-refractivity contribution is 0.0643. The molecule has 1 unspecified atom stereocenters. The molecule has 6 heteroatoms. The van der Waals surface area contributed by atoms with Crippen LogP contribution < -0.4 is 4.74 Å². The minimum absolute atomic E-state index is 0.0710. The first-order valence-corrected chi connectivity index (χ1v) is 4.84. The highest BCUT2D eigenvalue weighted by Crippen LogP contribution is 2.22. The molecule has 1 rings (SSSR count). The van der Waals surface area contributed by atoms with Gasteiger partial charge in [-0.25, -0.2) is 9.59 Å². The van der Waals surface area contributed by atoms with E-state index in [1.807, 2.05) is 0 Å². The fourth-order valence-electron chi connectivity index (χ4n) is 1.26. The van der Waals surface area contributed by atoms with E-state index in [0.29, 0.717) is 0 Å². The van der Waals surface area contributed by atoms with E-state index in [1.165, 1.54) is 25.1 Å². The number of benzene rings is 1. The smallest absolute Gasteiger partial charge is 0.340 e. The normalized spacial score (nSPS) is 11.9. The number of aliphatic hydroxyl groups is 1. The van der Waals surface area contributed by atoms with Crippen LogP contribution in [0.4, 0.5) is 0 Å². The van der Waals surface area contributed by atoms with Gasteiger partial charge in [0.05, 0.1) is 11.7 Å². The Morgan fingerprint density at radius 2 is 1.94 bits per heavy atom.